The molecule has 0 aliphatic carbocycles. The highest BCUT2D eigenvalue weighted by Gasteiger charge is 2.17. The van der Waals surface area contributed by atoms with Crippen molar-refractivity contribution in [1.82, 2.24) is 0 Å². The van der Waals surface area contributed by atoms with Gasteiger partial charge in [-0.3, -0.25) is 9.59 Å². The molecule has 0 saturated heterocycles. The van der Waals surface area contributed by atoms with E-state index in [1.165, 1.54) is 12.1 Å². The molecule has 0 aliphatic rings. The number of hydrogen-bond acceptors (Lipinski definition) is 4. The van der Waals surface area contributed by atoms with Crippen LogP contribution in [0.2, 0.25) is 5.02 Å². The third-order valence-corrected chi connectivity index (χ3v) is 2.52. The summed E-state index contributed by atoms with van der Waals surface area (Å²) in [7, 11) is 0. The molecular formula is C10H10ClNO4. The molecule has 0 unspecified atom stereocenters. The highest BCUT2D eigenvalue weighted by Crippen LogP contribution is 2.28. The Hall–Kier alpha value is -1.59. The molecule has 4 N–H and O–H groups in total. The number of aldehydes is 1. The van der Waals surface area contributed by atoms with Gasteiger partial charge in [0.25, 0.3) is 0 Å². The average Bonchev–Trinajstić information content (AvgIpc) is 2.23. The molecule has 0 amide bonds. The lowest BCUT2D eigenvalue weighted by atomic mass is 10.0. The second-order valence-corrected chi connectivity index (χ2v) is 3.62. The van der Waals surface area contributed by atoms with Gasteiger partial charge in [-0.05, 0) is 18.1 Å². The number of aliphatic carboxylic acids is 1. The van der Waals surface area contributed by atoms with Crippen LogP contribution in [0, 0.1) is 0 Å². The lowest BCUT2D eigenvalue weighted by molar-refractivity contribution is -0.138. The monoisotopic (exact) mass is 243 g/mol. The van der Waals surface area contributed by atoms with Gasteiger partial charge in [0, 0.05) is 5.56 Å². The third-order valence-electron chi connectivity index (χ3n) is 2.12. The number of phenols is 1. The number of rotatable bonds is 4. The topological polar surface area (TPSA) is 101 Å². The van der Waals surface area contributed by atoms with Crippen LogP contribution < -0.4 is 5.73 Å². The molecule has 0 spiro atoms. The molecular weight excluding hydrogens is 234 g/mol. The lowest BCUT2D eigenvalue weighted by Gasteiger charge is -2.10. The van der Waals surface area contributed by atoms with Crippen molar-refractivity contribution in [1.29, 1.82) is 0 Å². The van der Waals surface area contributed by atoms with Gasteiger partial charge in [-0.25, -0.2) is 0 Å². The second kappa shape index (κ2) is 4.96. The molecule has 6 heteroatoms. The van der Waals surface area contributed by atoms with E-state index in [4.69, 9.17) is 22.4 Å². The number of hydrogen-bond donors (Lipinski definition) is 3. The first-order valence-electron chi connectivity index (χ1n) is 4.41. The number of carboxylic acid groups (broad SMARTS) is 1. The molecule has 0 bridgehead atoms. The van der Waals surface area contributed by atoms with Crippen molar-refractivity contribution in [2.24, 2.45) is 5.73 Å². The first-order valence-corrected chi connectivity index (χ1v) is 4.79. The summed E-state index contributed by atoms with van der Waals surface area (Å²) in [6.07, 6.45) is 0.440. The Labute approximate surface area is 96.4 Å². The third kappa shape index (κ3) is 2.50. The van der Waals surface area contributed by atoms with Crippen molar-refractivity contribution in [3.05, 3.63) is 28.3 Å². The van der Waals surface area contributed by atoms with E-state index in [2.05, 4.69) is 0 Å². The fourth-order valence-corrected chi connectivity index (χ4v) is 1.48. The summed E-state index contributed by atoms with van der Waals surface area (Å²) in [5.74, 6) is -1.39. The van der Waals surface area contributed by atoms with Crippen molar-refractivity contribution in [2.75, 3.05) is 0 Å². The largest absolute Gasteiger partial charge is 0.506 e. The van der Waals surface area contributed by atoms with Crippen LogP contribution in [-0.2, 0) is 11.2 Å². The molecule has 1 aromatic rings. The van der Waals surface area contributed by atoms with Gasteiger partial charge in [0.15, 0.2) is 6.29 Å². The first-order chi connectivity index (χ1) is 7.47. The van der Waals surface area contributed by atoms with Crippen LogP contribution in [0.1, 0.15) is 15.9 Å². The van der Waals surface area contributed by atoms with E-state index in [-0.39, 0.29) is 22.8 Å². The minimum absolute atomic E-state index is 0.0244. The predicted octanol–water partition coefficient (Wildman–Crippen LogP) is 0.812. The molecule has 0 radical (unpaired) electrons. The van der Waals surface area contributed by atoms with Crippen LogP contribution in [-0.4, -0.2) is 28.5 Å². The van der Waals surface area contributed by atoms with Crippen LogP contribution in [0.25, 0.3) is 0 Å². The molecule has 5 nitrogen and oxygen atoms in total. The predicted molar refractivity (Wildman–Crippen MR) is 57.8 cm³/mol. The number of benzene rings is 1. The van der Waals surface area contributed by atoms with Gasteiger partial charge in [-0.2, -0.15) is 0 Å². The molecule has 16 heavy (non-hydrogen) atoms. The quantitative estimate of drug-likeness (QED) is 0.680. The smallest absolute Gasteiger partial charge is 0.320 e. The number of phenolic OH excluding ortho intramolecular Hbond substituents is 1. The standard InChI is InChI=1S/C10H10ClNO4/c11-9-6(4-13)5(1-2-8(9)14)3-7(12)10(15)16/h1-2,4,7,14H,3,12H2,(H,15,16)/t7-/m0/s1. The zero-order valence-electron chi connectivity index (χ0n) is 8.18. The SMILES string of the molecule is N[C@@H](Cc1ccc(O)c(Cl)c1C=O)C(=O)O. The molecule has 0 aromatic heterocycles. The van der Waals surface area contributed by atoms with E-state index in [1.54, 1.807) is 0 Å². The summed E-state index contributed by atoms with van der Waals surface area (Å²) in [5.41, 5.74) is 5.80. The summed E-state index contributed by atoms with van der Waals surface area (Å²) in [5, 5.41) is 17.8. The summed E-state index contributed by atoms with van der Waals surface area (Å²) in [6, 6.07) is 1.60. The van der Waals surface area contributed by atoms with E-state index in [9.17, 15) is 14.7 Å². The van der Waals surface area contributed by atoms with Gasteiger partial charge in [0.1, 0.15) is 11.8 Å². The first kappa shape index (κ1) is 12.5. The molecule has 0 aliphatic heterocycles. The van der Waals surface area contributed by atoms with Crippen LogP contribution in [0.3, 0.4) is 0 Å². The van der Waals surface area contributed by atoms with Crippen LogP contribution >= 0.6 is 11.6 Å². The number of nitrogens with two attached hydrogens (primary N) is 1. The summed E-state index contributed by atoms with van der Waals surface area (Å²) in [4.78, 5) is 21.3. The van der Waals surface area contributed by atoms with Gasteiger partial charge in [0.05, 0.1) is 5.02 Å². The van der Waals surface area contributed by atoms with Gasteiger partial charge in [-0.15, -0.1) is 0 Å². The van der Waals surface area contributed by atoms with E-state index < -0.39 is 12.0 Å². The Morgan fingerprint density at radius 1 is 1.56 bits per heavy atom. The van der Waals surface area contributed by atoms with Gasteiger partial charge < -0.3 is 15.9 Å². The van der Waals surface area contributed by atoms with Gasteiger partial charge in [0.2, 0.25) is 0 Å². The molecule has 0 fully saturated rings. The van der Waals surface area contributed by atoms with Crippen molar-refractivity contribution in [3.63, 3.8) is 0 Å². The fourth-order valence-electron chi connectivity index (χ4n) is 1.25. The van der Waals surface area contributed by atoms with Crippen LogP contribution in [0.4, 0.5) is 0 Å². The van der Waals surface area contributed by atoms with Crippen molar-refractivity contribution < 1.29 is 19.8 Å². The lowest BCUT2D eigenvalue weighted by Crippen LogP contribution is -2.32. The maximum absolute atomic E-state index is 10.8. The normalized spacial score (nSPS) is 12.1. The number of carboxylic acids is 1. The minimum Gasteiger partial charge on any atom is -0.506 e. The average molecular weight is 244 g/mol. The van der Waals surface area contributed by atoms with Gasteiger partial charge >= 0.3 is 5.97 Å². The molecule has 0 saturated carbocycles. The summed E-state index contributed by atoms with van der Waals surface area (Å²) >= 11 is 5.69. The summed E-state index contributed by atoms with van der Waals surface area (Å²) < 4.78 is 0. The zero-order valence-corrected chi connectivity index (χ0v) is 8.94. The molecule has 1 atom stereocenters. The second-order valence-electron chi connectivity index (χ2n) is 3.24. The number of carbonyl (C=O) groups excluding carboxylic acids is 1. The van der Waals surface area contributed by atoms with Crippen molar-refractivity contribution >= 4 is 23.9 Å². The maximum Gasteiger partial charge on any atom is 0.320 e. The van der Waals surface area contributed by atoms with Crippen molar-refractivity contribution in [2.45, 2.75) is 12.5 Å². The van der Waals surface area contributed by atoms with Gasteiger partial charge in [-0.1, -0.05) is 17.7 Å². The number of carbonyl (C=O) groups is 2. The van der Waals surface area contributed by atoms with Crippen molar-refractivity contribution in [3.8, 4) is 5.75 Å². The summed E-state index contributed by atoms with van der Waals surface area (Å²) in [6.45, 7) is 0. The minimum atomic E-state index is -1.17. The van der Waals surface area contributed by atoms with Crippen LogP contribution in [0.5, 0.6) is 5.75 Å². The highest BCUT2D eigenvalue weighted by atomic mass is 35.5. The Morgan fingerprint density at radius 2 is 2.19 bits per heavy atom. The molecule has 86 valence electrons. The molecule has 0 heterocycles. The maximum atomic E-state index is 10.8. The van der Waals surface area contributed by atoms with E-state index in [0.717, 1.165) is 0 Å². The Balaban J connectivity index is 3.10. The van der Waals surface area contributed by atoms with E-state index in [1.807, 2.05) is 0 Å². The zero-order chi connectivity index (χ0) is 12.3. The number of halogens is 1. The Bertz CT molecular complexity index is 433. The van der Waals surface area contributed by atoms with E-state index >= 15 is 0 Å². The van der Waals surface area contributed by atoms with Crippen LogP contribution in [0.15, 0.2) is 12.1 Å². The molecule has 1 rings (SSSR count). The fraction of sp³-hybridized carbons (Fsp3) is 0.200. The molecule has 1 aromatic carbocycles. The Morgan fingerprint density at radius 3 is 2.69 bits per heavy atom. The number of aromatic hydroxyl groups is 1. The highest BCUT2D eigenvalue weighted by molar-refractivity contribution is 6.34. The van der Waals surface area contributed by atoms with E-state index in [0.29, 0.717) is 11.8 Å². The Kier molecular flexibility index (Phi) is 3.87.